The molecule has 1 heterocycles. The lowest BCUT2D eigenvalue weighted by atomic mass is 10.1. The van der Waals surface area contributed by atoms with Gasteiger partial charge in [-0.25, -0.2) is 13.6 Å². The quantitative estimate of drug-likeness (QED) is 0.713. The van der Waals surface area contributed by atoms with Crippen LogP contribution < -0.4 is 16.2 Å². The van der Waals surface area contributed by atoms with Gasteiger partial charge in [-0.3, -0.25) is 0 Å². The summed E-state index contributed by atoms with van der Waals surface area (Å²) in [6, 6.07) is 4.68. The van der Waals surface area contributed by atoms with E-state index in [2.05, 4.69) is 10.5 Å². The van der Waals surface area contributed by atoms with Crippen molar-refractivity contribution >= 4 is 21.4 Å². The molecule has 0 fully saturated rings. The van der Waals surface area contributed by atoms with E-state index < -0.39 is 10.0 Å². The highest BCUT2D eigenvalue weighted by Crippen LogP contribution is 2.26. The van der Waals surface area contributed by atoms with E-state index in [9.17, 15) is 8.42 Å². The van der Waals surface area contributed by atoms with Crippen molar-refractivity contribution in [2.45, 2.75) is 18.4 Å². The molecule has 1 aromatic heterocycles. The lowest BCUT2D eigenvalue weighted by molar-refractivity contribution is 0.388. The van der Waals surface area contributed by atoms with Crippen LogP contribution >= 0.6 is 0 Å². The van der Waals surface area contributed by atoms with Crippen molar-refractivity contribution in [3.63, 3.8) is 0 Å². The minimum Gasteiger partial charge on any atom is -0.399 e. The van der Waals surface area contributed by atoms with Gasteiger partial charge in [0, 0.05) is 17.4 Å². The number of hydrogen-bond donors (Lipinski definition) is 3. The number of hydrogen-bond acceptors (Lipinski definition) is 6. The molecular formula is C11H14N4O3S. The summed E-state index contributed by atoms with van der Waals surface area (Å²) in [5, 5.41) is 11.8. The van der Waals surface area contributed by atoms with Gasteiger partial charge >= 0.3 is 0 Å². The molecule has 0 bridgehead atoms. The molecule has 0 aliphatic carbocycles. The Labute approximate surface area is 110 Å². The average Bonchev–Trinajstić information content (AvgIpc) is 2.81. The number of primary sulfonamides is 1. The molecule has 8 heteroatoms. The third-order valence-electron chi connectivity index (χ3n) is 2.63. The standard InChI is InChI=1S/C11H14N4O3S/c1-7-10(14-6-9-2-3-15-18-9)4-8(12)5-11(7)19(13,16)17/h2-5,14H,6,12H2,1H3,(H2,13,16,17). The number of benzene rings is 1. The second kappa shape index (κ2) is 4.90. The van der Waals surface area contributed by atoms with E-state index in [1.807, 2.05) is 0 Å². The van der Waals surface area contributed by atoms with Crippen molar-refractivity contribution in [3.8, 4) is 0 Å². The highest BCUT2D eigenvalue weighted by Gasteiger charge is 2.15. The molecule has 0 spiro atoms. The number of sulfonamides is 1. The van der Waals surface area contributed by atoms with Crippen LogP contribution in [0.25, 0.3) is 0 Å². The van der Waals surface area contributed by atoms with E-state index in [4.69, 9.17) is 15.4 Å². The molecule has 7 nitrogen and oxygen atoms in total. The number of rotatable bonds is 4. The Bertz CT molecular complexity index is 680. The molecular weight excluding hydrogens is 268 g/mol. The van der Waals surface area contributed by atoms with Crippen LogP contribution in [-0.4, -0.2) is 13.6 Å². The molecule has 5 N–H and O–H groups in total. The zero-order valence-corrected chi connectivity index (χ0v) is 11.1. The van der Waals surface area contributed by atoms with Crippen LogP contribution in [0.1, 0.15) is 11.3 Å². The van der Waals surface area contributed by atoms with Gasteiger partial charge in [0.15, 0.2) is 5.76 Å². The number of nitrogen functional groups attached to an aromatic ring is 1. The first-order chi connectivity index (χ1) is 8.88. The fourth-order valence-corrected chi connectivity index (χ4v) is 2.54. The Balaban J connectivity index is 2.33. The van der Waals surface area contributed by atoms with Gasteiger partial charge in [-0.05, 0) is 24.6 Å². The third-order valence-corrected chi connectivity index (χ3v) is 3.67. The van der Waals surface area contributed by atoms with Gasteiger partial charge in [-0.1, -0.05) is 5.16 Å². The van der Waals surface area contributed by atoms with Crippen LogP contribution in [0.3, 0.4) is 0 Å². The maximum atomic E-state index is 11.5. The number of nitrogens with two attached hydrogens (primary N) is 2. The van der Waals surface area contributed by atoms with Crippen molar-refractivity contribution in [3.05, 3.63) is 35.7 Å². The Hall–Kier alpha value is -2.06. The molecule has 0 amide bonds. The predicted octanol–water partition coefficient (Wildman–Crippen LogP) is 0.825. The molecule has 0 saturated carbocycles. The van der Waals surface area contributed by atoms with Gasteiger partial charge in [0.25, 0.3) is 0 Å². The van der Waals surface area contributed by atoms with Crippen molar-refractivity contribution in [2.24, 2.45) is 5.14 Å². The minimum atomic E-state index is -3.81. The second-order valence-electron chi connectivity index (χ2n) is 4.07. The molecule has 2 rings (SSSR count). The van der Waals surface area contributed by atoms with E-state index in [0.717, 1.165) is 0 Å². The Kier molecular flexibility index (Phi) is 3.45. The van der Waals surface area contributed by atoms with Crippen LogP contribution in [-0.2, 0) is 16.6 Å². The maximum Gasteiger partial charge on any atom is 0.238 e. The zero-order chi connectivity index (χ0) is 14.0. The molecule has 0 atom stereocenters. The number of aromatic nitrogens is 1. The second-order valence-corrected chi connectivity index (χ2v) is 5.60. The molecule has 1 aromatic carbocycles. The SMILES string of the molecule is Cc1c(NCc2ccno2)cc(N)cc1S(N)(=O)=O. The first-order valence-electron chi connectivity index (χ1n) is 5.44. The van der Waals surface area contributed by atoms with Crippen molar-refractivity contribution in [2.75, 3.05) is 11.1 Å². The monoisotopic (exact) mass is 282 g/mol. The third kappa shape index (κ3) is 3.04. The molecule has 0 radical (unpaired) electrons. The smallest absolute Gasteiger partial charge is 0.238 e. The number of anilines is 2. The van der Waals surface area contributed by atoms with Crippen LogP contribution in [0.5, 0.6) is 0 Å². The largest absolute Gasteiger partial charge is 0.399 e. The molecule has 19 heavy (non-hydrogen) atoms. The van der Waals surface area contributed by atoms with Gasteiger partial charge < -0.3 is 15.6 Å². The minimum absolute atomic E-state index is 0.00701. The topological polar surface area (TPSA) is 124 Å². The summed E-state index contributed by atoms with van der Waals surface area (Å²) in [6.45, 7) is 2.02. The fourth-order valence-electron chi connectivity index (χ4n) is 1.70. The van der Waals surface area contributed by atoms with Crippen molar-refractivity contribution in [1.29, 1.82) is 0 Å². The van der Waals surface area contributed by atoms with Crippen molar-refractivity contribution in [1.82, 2.24) is 5.16 Å². The van der Waals surface area contributed by atoms with Gasteiger partial charge in [-0.2, -0.15) is 0 Å². The summed E-state index contributed by atoms with van der Waals surface area (Å²) in [5.74, 6) is 0.624. The summed E-state index contributed by atoms with van der Waals surface area (Å²) < 4.78 is 27.9. The lowest BCUT2D eigenvalue weighted by Crippen LogP contribution is -2.15. The highest BCUT2D eigenvalue weighted by molar-refractivity contribution is 7.89. The van der Waals surface area contributed by atoms with E-state index in [0.29, 0.717) is 29.2 Å². The van der Waals surface area contributed by atoms with Crippen LogP contribution in [0.2, 0.25) is 0 Å². The summed E-state index contributed by atoms with van der Waals surface area (Å²) >= 11 is 0. The first kappa shape index (κ1) is 13.4. The van der Waals surface area contributed by atoms with Crippen LogP contribution in [0, 0.1) is 6.92 Å². The molecule has 0 unspecified atom stereocenters. The van der Waals surface area contributed by atoms with Gasteiger partial charge in [0.05, 0.1) is 17.6 Å². The normalized spacial score (nSPS) is 11.5. The first-order valence-corrected chi connectivity index (χ1v) is 6.99. The summed E-state index contributed by atoms with van der Waals surface area (Å²) in [7, 11) is -3.81. The summed E-state index contributed by atoms with van der Waals surface area (Å²) in [6.07, 6.45) is 1.53. The summed E-state index contributed by atoms with van der Waals surface area (Å²) in [5.41, 5.74) is 7.09. The Morgan fingerprint density at radius 1 is 1.42 bits per heavy atom. The Morgan fingerprint density at radius 3 is 2.74 bits per heavy atom. The highest BCUT2D eigenvalue weighted by atomic mass is 32.2. The van der Waals surface area contributed by atoms with Crippen LogP contribution in [0.4, 0.5) is 11.4 Å². The van der Waals surface area contributed by atoms with Gasteiger partial charge in [-0.15, -0.1) is 0 Å². The summed E-state index contributed by atoms with van der Waals surface area (Å²) in [4.78, 5) is 0.00701. The molecule has 0 aliphatic heterocycles. The molecule has 0 saturated heterocycles. The van der Waals surface area contributed by atoms with E-state index in [1.54, 1.807) is 19.1 Å². The Morgan fingerprint density at radius 2 is 2.16 bits per heavy atom. The van der Waals surface area contributed by atoms with Gasteiger partial charge in [0.1, 0.15) is 0 Å². The maximum absolute atomic E-state index is 11.5. The molecule has 2 aromatic rings. The van der Waals surface area contributed by atoms with E-state index in [-0.39, 0.29) is 4.90 Å². The van der Waals surface area contributed by atoms with E-state index >= 15 is 0 Å². The predicted molar refractivity (Wildman–Crippen MR) is 70.8 cm³/mol. The van der Waals surface area contributed by atoms with Gasteiger partial charge in [0.2, 0.25) is 10.0 Å². The zero-order valence-electron chi connectivity index (χ0n) is 10.3. The van der Waals surface area contributed by atoms with Crippen LogP contribution in [0.15, 0.2) is 33.8 Å². The number of nitrogens with one attached hydrogen (secondary N) is 1. The lowest BCUT2D eigenvalue weighted by Gasteiger charge is -2.12. The average molecular weight is 282 g/mol. The van der Waals surface area contributed by atoms with E-state index in [1.165, 1.54) is 12.3 Å². The molecule has 0 aliphatic rings. The van der Waals surface area contributed by atoms with Crippen molar-refractivity contribution < 1.29 is 12.9 Å². The fraction of sp³-hybridized carbons (Fsp3) is 0.182. The number of nitrogens with zero attached hydrogens (tertiary/aromatic N) is 1. The molecule has 102 valence electrons.